The lowest BCUT2D eigenvalue weighted by molar-refractivity contribution is -0.117. The van der Waals surface area contributed by atoms with Crippen LogP contribution in [0.2, 0.25) is 0 Å². The minimum absolute atomic E-state index is 0.485. The summed E-state index contributed by atoms with van der Waals surface area (Å²) >= 11 is 1.09. The van der Waals surface area contributed by atoms with Gasteiger partial charge >= 0.3 is 0 Å². The molecule has 2 heterocycles. The third kappa shape index (κ3) is 2.35. The summed E-state index contributed by atoms with van der Waals surface area (Å²) < 4.78 is 11.0. The molecule has 0 aromatic rings. The Balaban J connectivity index is 2.14. The van der Waals surface area contributed by atoms with Gasteiger partial charge in [0.05, 0.1) is 10.5 Å². The molecule has 7 heteroatoms. The molecule has 4 atom stereocenters. The summed E-state index contributed by atoms with van der Waals surface area (Å²) in [6, 6.07) is 0. The normalized spacial score (nSPS) is 40.1. The van der Waals surface area contributed by atoms with E-state index in [4.69, 9.17) is 9.47 Å². The van der Waals surface area contributed by atoms with Gasteiger partial charge in [0.25, 0.3) is 0 Å². The van der Waals surface area contributed by atoms with Gasteiger partial charge < -0.3 is 29.9 Å². The predicted octanol–water partition coefficient (Wildman–Crippen LogP) is -1.73. The van der Waals surface area contributed by atoms with Crippen LogP contribution in [0.4, 0.5) is 0 Å². The zero-order valence-electron chi connectivity index (χ0n) is 8.60. The van der Waals surface area contributed by atoms with Crippen molar-refractivity contribution in [2.75, 3.05) is 13.2 Å². The molecule has 0 bridgehead atoms. The Bertz CT molecular complexity index is 214. The molecule has 2 rings (SSSR count). The van der Waals surface area contributed by atoms with Crippen molar-refractivity contribution in [1.82, 2.24) is 0 Å². The summed E-state index contributed by atoms with van der Waals surface area (Å²) in [5.41, 5.74) is 0. The highest BCUT2D eigenvalue weighted by Gasteiger charge is 2.51. The van der Waals surface area contributed by atoms with Gasteiger partial charge in [0.1, 0.15) is 12.2 Å². The van der Waals surface area contributed by atoms with Crippen LogP contribution < -0.4 is 0 Å². The summed E-state index contributed by atoms with van der Waals surface area (Å²) in [6.07, 6.45) is -3.38. The Hall–Kier alpha value is 0.110. The molecular formula is C9H16O6S. The molecule has 2 saturated heterocycles. The number of hydrogen-bond donors (Lipinski definition) is 4. The zero-order chi connectivity index (χ0) is 11.7. The number of aliphatic hydroxyl groups excluding tert-OH is 2. The van der Waals surface area contributed by atoms with Crippen molar-refractivity contribution < 1.29 is 29.9 Å². The van der Waals surface area contributed by atoms with E-state index in [-0.39, 0.29) is 0 Å². The molecule has 0 aromatic heterocycles. The Morgan fingerprint density at radius 3 is 1.69 bits per heavy atom. The highest BCUT2D eigenvalue weighted by Crippen LogP contribution is 2.41. The molecule has 4 N–H and O–H groups in total. The summed E-state index contributed by atoms with van der Waals surface area (Å²) in [6.45, 7) is 0.971. The Kier molecular flexibility index (Phi) is 4.06. The maximum atomic E-state index is 9.22. The molecule has 2 aliphatic rings. The van der Waals surface area contributed by atoms with Gasteiger partial charge in [-0.3, -0.25) is 0 Å². The molecule has 0 radical (unpaired) electrons. The van der Waals surface area contributed by atoms with E-state index in [1.54, 1.807) is 0 Å². The molecule has 0 spiro atoms. The Morgan fingerprint density at radius 2 is 1.31 bits per heavy atom. The van der Waals surface area contributed by atoms with Crippen molar-refractivity contribution in [3.05, 3.63) is 0 Å². The first-order chi connectivity index (χ1) is 7.61. The standard InChI is InChI=1S/C9H16O6S/c10-8(11)6-4-5(7(16-6)9(12)13)15-3-1-2-14-4/h4-13H,1-3H2. The first kappa shape index (κ1) is 12.6. The molecule has 0 amide bonds. The first-order valence-electron chi connectivity index (χ1n) is 5.22. The van der Waals surface area contributed by atoms with Crippen molar-refractivity contribution in [2.24, 2.45) is 0 Å². The molecular weight excluding hydrogens is 236 g/mol. The van der Waals surface area contributed by atoms with Gasteiger partial charge in [-0.05, 0) is 6.42 Å². The van der Waals surface area contributed by atoms with E-state index in [0.29, 0.717) is 13.2 Å². The fourth-order valence-electron chi connectivity index (χ4n) is 2.07. The van der Waals surface area contributed by atoms with Crippen LogP contribution in [-0.2, 0) is 9.47 Å². The SMILES string of the molecule is OC(O)C1SC(C(O)O)C2OCCCOC21. The van der Waals surface area contributed by atoms with Crippen LogP contribution in [0, 0.1) is 0 Å². The minimum atomic E-state index is -1.55. The van der Waals surface area contributed by atoms with E-state index in [1.807, 2.05) is 0 Å². The number of fused-ring (bicyclic) bond motifs is 1. The maximum absolute atomic E-state index is 9.22. The van der Waals surface area contributed by atoms with Gasteiger partial charge in [-0.15, -0.1) is 11.8 Å². The zero-order valence-corrected chi connectivity index (χ0v) is 9.42. The molecule has 16 heavy (non-hydrogen) atoms. The van der Waals surface area contributed by atoms with Crippen LogP contribution in [-0.4, -0.2) is 68.9 Å². The largest absolute Gasteiger partial charge is 0.374 e. The van der Waals surface area contributed by atoms with E-state index in [9.17, 15) is 20.4 Å². The summed E-state index contributed by atoms with van der Waals surface area (Å²) in [5.74, 6) is 0. The van der Waals surface area contributed by atoms with Crippen molar-refractivity contribution in [1.29, 1.82) is 0 Å². The molecule has 0 aromatic carbocycles. The van der Waals surface area contributed by atoms with Gasteiger partial charge in [0.15, 0.2) is 12.6 Å². The van der Waals surface area contributed by atoms with Crippen LogP contribution in [0.3, 0.4) is 0 Å². The second-order valence-electron chi connectivity index (χ2n) is 3.92. The first-order valence-corrected chi connectivity index (χ1v) is 6.16. The van der Waals surface area contributed by atoms with Crippen LogP contribution in [0.1, 0.15) is 6.42 Å². The van der Waals surface area contributed by atoms with Crippen molar-refractivity contribution >= 4 is 11.8 Å². The summed E-state index contributed by atoms with van der Waals surface area (Å²) in [4.78, 5) is 0. The minimum Gasteiger partial charge on any atom is -0.374 e. The average Bonchev–Trinajstić information content (AvgIpc) is 2.41. The van der Waals surface area contributed by atoms with Crippen LogP contribution in [0.25, 0.3) is 0 Å². The van der Waals surface area contributed by atoms with Crippen LogP contribution in [0.5, 0.6) is 0 Å². The van der Waals surface area contributed by atoms with E-state index in [2.05, 4.69) is 0 Å². The third-order valence-corrected chi connectivity index (χ3v) is 4.43. The van der Waals surface area contributed by atoms with Crippen LogP contribution >= 0.6 is 11.8 Å². The molecule has 0 aliphatic carbocycles. The highest BCUT2D eigenvalue weighted by atomic mass is 32.2. The van der Waals surface area contributed by atoms with E-state index in [0.717, 1.165) is 18.2 Å². The maximum Gasteiger partial charge on any atom is 0.166 e. The molecule has 2 aliphatic heterocycles. The highest BCUT2D eigenvalue weighted by molar-refractivity contribution is 8.01. The van der Waals surface area contributed by atoms with Gasteiger partial charge in [0.2, 0.25) is 0 Å². The monoisotopic (exact) mass is 252 g/mol. The number of hydrogen-bond acceptors (Lipinski definition) is 7. The summed E-state index contributed by atoms with van der Waals surface area (Å²) in [5, 5.41) is 35.7. The fourth-order valence-corrected chi connectivity index (χ4v) is 3.49. The molecule has 0 saturated carbocycles. The quantitative estimate of drug-likeness (QED) is 0.433. The van der Waals surface area contributed by atoms with Gasteiger partial charge in [-0.1, -0.05) is 0 Å². The van der Waals surface area contributed by atoms with Crippen molar-refractivity contribution in [3.63, 3.8) is 0 Å². The number of ether oxygens (including phenoxy) is 2. The second-order valence-corrected chi connectivity index (χ2v) is 5.28. The molecule has 6 nitrogen and oxygen atoms in total. The molecule has 2 fully saturated rings. The second kappa shape index (κ2) is 5.18. The average molecular weight is 252 g/mol. The van der Waals surface area contributed by atoms with Crippen molar-refractivity contribution in [3.8, 4) is 0 Å². The lowest BCUT2D eigenvalue weighted by Crippen LogP contribution is -2.42. The number of thioether (sulfide) groups is 1. The lowest BCUT2D eigenvalue weighted by Gasteiger charge is -2.24. The third-order valence-electron chi connectivity index (χ3n) is 2.78. The number of rotatable bonds is 2. The van der Waals surface area contributed by atoms with E-state index >= 15 is 0 Å². The lowest BCUT2D eigenvalue weighted by atomic mass is 10.1. The Labute approximate surface area is 97.2 Å². The molecule has 4 unspecified atom stereocenters. The van der Waals surface area contributed by atoms with Gasteiger partial charge in [-0.25, -0.2) is 0 Å². The van der Waals surface area contributed by atoms with E-state index in [1.165, 1.54) is 0 Å². The number of aliphatic hydroxyl groups is 4. The molecule has 94 valence electrons. The van der Waals surface area contributed by atoms with Crippen LogP contribution in [0.15, 0.2) is 0 Å². The van der Waals surface area contributed by atoms with Crippen molar-refractivity contribution in [2.45, 2.75) is 41.7 Å². The summed E-state index contributed by atoms with van der Waals surface area (Å²) in [7, 11) is 0. The van der Waals surface area contributed by atoms with Gasteiger partial charge in [-0.2, -0.15) is 0 Å². The smallest absolute Gasteiger partial charge is 0.166 e. The van der Waals surface area contributed by atoms with Gasteiger partial charge in [0, 0.05) is 13.2 Å². The predicted molar refractivity (Wildman–Crippen MR) is 55.7 cm³/mol. The Morgan fingerprint density at radius 1 is 0.875 bits per heavy atom. The fraction of sp³-hybridized carbons (Fsp3) is 1.00. The topological polar surface area (TPSA) is 99.4 Å². The van der Waals surface area contributed by atoms with E-state index < -0.39 is 35.3 Å².